The molecular weight excluding hydrogens is 473 g/mol. The first-order chi connectivity index (χ1) is 10.8. The molecule has 3 rings (SSSR count). The van der Waals surface area contributed by atoms with E-state index in [4.69, 9.17) is 16.3 Å². The van der Waals surface area contributed by atoms with Gasteiger partial charge in [0.15, 0.2) is 0 Å². The van der Waals surface area contributed by atoms with Crippen LogP contribution in [0.5, 0.6) is 11.5 Å². The lowest BCUT2D eigenvalue weighted by Crippen LogP contribution is -2.11. The topological polar surface area (TPSA) is 74.1 Å². The van der Waals surface area contributed by atoms with Crippen molar-refractivity contribution in [1.82, 2.24) is 14.4 Å². The maximum Gasteiger partial charge on any atom is 0.252 e. The van der Waals surface area contributed by atoms with Crippen LogP contribution in [-0.2, 0) is 10.0 Å². The van der Waals surface area contributed by atoms with Gasteiger partial charge in [0.1, 0.15) is 22.5 Å². The maximum atomic E-state index is 11.7. The predicted molar refractivity (Wildman–Crippen MR) is 94.7 cm³/mol. The van der Waals surface area contributed by atoms with Crippen molar-refractivity contribution in [2.45, 2.75) is 0 Å². The second-order valence-corrected chi connectivity index (χ2v) is 8.63. The quantitative estimate of drug-likeness (QED) is 0.560. The van der Waals surface area contributed by atoms with Crippen LogP contribution in [0.2, 0.25) is 5.02 Å². The summed E-state index contributed by atoms with van der Waals surface area (Å²) in [5.41, 5.74) is 0.655. The molecule has 0 atom stereocenters. The monoisotopic (exact) mass is 479 g/mol. The maximum absolute atomic E-state index is 11.7. The largest absolute Gasteiger partial charge is 0.455 e. The zero-order valence-corrected chi connectivity index (χ0v) is 16.2. The average Bonchev–Trinajstić information content (AvgIpc) is 2.84. The fourth-order valence-electron chi connectivity index (χ4n) is 1.90. The Balaban J connectivity index is 2.12. The number of benzene rings is 2. The molecule has 2 aromatic carbocycles. The fraction of sp³-hybridized carbons (Fsp3) is 0.0769. The highest BCUT2D eigenvalue weighted by Crippen LogP contribution is 2.37. The van der Waals surface area contributed by atoms with Crippen molar-refractivity contribution >= 4 is 64.5 Å². The van der Waals surface area contributed by atoms with Gasteiger partial charge in [-0.25, -0.2) is 8.42 Å². The Kier molecular flexibility index (Phi) is 4.39. The smallest absolute Gasteiger partial charge is 0.252 e. The molecule has 120 valence electrons. The molecular formula is C13H8Br2ClN3O3S. The van der Waals surface area contributed by atoms with Crippen molar-refractivity contribution < 1.29 is 13.2 Å². The Hall–Kier alpha value is -1.16. The zero-order chi connectivity index (χ0) is 16.8. The molecule has 10 heteroatoms. The zero-order valence-electron chi connectivity index (χ0n) is 11.5. The van der Waals surface area contributed by atoms with Crippen LogP contribution < -0.4 is 4.74 Å². The number of hydrogen-bond donors (Lipinski definition) is 0. The van der Waals surface area contributed by atoms with Gasteiger partial charge in [-0.15, -0.1) is 9.19 Å². The summed E-state index contributed by atoms with van der Waals surface area (Å²) in [7, 11) is -3.57. The van der Waals surface area contributed by atoms with Crippen LogP contribution >= 0.6 is 43.5 Å². The van der Waals surface area contributed by atoms with E-state index < -0.39 is 10.0 Å². The van der Waals surface area contributed by atoms with E-state index in [9.17, 15) is 8.42 Å². The third-order valence-corrected chi connectivity index (χ3v) is 5.20. The molecule has 0 fully saturated rings. The van der Waals surface area contributed by atoms with Crippen LogP contribution in [-0.4, -0.2) is 29.1 Å². The third-order valence-electron chi connectivity index (χ3n) is 2.90. The van der Waals surface area contributed by atoms with Crippen LogP contribution in [0.25, 0.3) is 11.0 Å². The van der Waals surface area contributed by atoms with Gasteiger partial charge in [0, 0.05) is 10.5 Å². The van der Waals surface area contributed by atoms with Crippen molar-refractivity contribution in [2.24, 2.45) is 0 Å². The van der Waals surface area contributed by atoms with Crippen LogP contribution in [0.4, 0.5) is 0 Å². The molecule has 0 saturated heterocycles. The van der Waals surface area contributed by atoms with E-state index in [0.717, 1.165) is 19.3 Å². The van der Waals surface area contributed by atoms with Crippen molar-refractivity contribution in [3.63, 3.8) is 0 Å². The minimum Gasteiger partial charge on any atom is -0.455 e. The number of aromatic nitrogens is 3. The molecule has 3 aromatic rings. The molecule has 0 bridgehead atoms. The molecule has 23 heavy (non-hydrogen) atoms. The first-order valence-corrected chi connectivity index (χ1v) is 9.95. The summed E-state index contributed by atoms with van der Waals surface area (Å²) < 4.78 is 31.7. The second kappa shape index (κ2) is 6.04. The summed E-state index contributed by atoms with van der Waals surface area (Å²) in [4.78, 5) is 0. The van der Waals surface area contributed by atoms with Crippen molar-refractivity contribution in [3.05, 3.63) is 44.3 Å². The Morgan fingerprint density at radius 1 is 1.17 bits per heavy atom. The molecule has 0 unspecified atom stereocenters. The Labute approximate surface area is 153 Å². The molecule has 1 heterocycles. The van der Waals surface area contributed by atoms with Gasteiger partial charge in [0.2, 0.25) is 0 Å². The standard InChI is InChI=1S/C13H8Br2ClN3O3S/c1-23(20,21)19-11-6-13(9(16)5-10(11)17-18-19)22-12-3-2-7(14)4-8(12)15/h2-6H,1H3. The average molecular weight is 482 g/mol. The van der Waals surface area contributed by atoms with Gasteiger partial charge in [-0.3, -0.25) is 0 Å². The Morgan fingerprint density at radius 2 is 1.91 bits per heavy atom. The Morgan fingerprint density at radius 3 is 2.57 bits per heavy atom. The molecule has 0 N–H and O–H groups in total. The van der Waals surface area contributed by atoms with Crippen molar-refractivity contribution in [3.8, 4) is 11.5 Å². The molecule has 0 saturated carbocycles. The number of hydrogen-bond acceptors (Lipinski definition) is 5. The summed E-state index contributed by atoms with van der Waals surface area (Å²) in [6.45, 7) is 0. The van der Waals surface area contributed by atoms with Gasteiger partial charge in [0.25, 0.3) is 10.0 Å². The number of ether oxygens (including phenoxy) is 1. The molecule has 0 aliphatic heterocycles. The molecule has 0 aliphatic rings. The van der Waals surface area contributed by atoms with Crippen LogP contribution in [0, 0.1) is 0 Å². The molecule has 0 amide bonds. The third kappa shape index (κ3) is 3.37. The van der Waals surface area contributed by atoms with Gasteiger partial charge < -0.3 is 4.74 Å². The summed E-state index contributed by atoms with van der Waals surface area (Å²) in [6.07, 6.45) is 1.04. The minimum absolute atomic E-state index is 0.292. The first-order valence-electron chi connectivity index (χ1n) is 6.14. The highest BCUT2D eigenvalue weighted by atomic mass is 79.9. The van der Waals surface area contributed by atoms with E-state index >= 15 is 0 Å². The van der Waals surface area contributed by atoms with Gasteiger partial charge >= 0.3 is 0 Å². The molecule has 0 spiro atoms. The summed E-state index contributed by atoms with van der Waals surface area (Å²) in [5, 5.41) is 7.73. The number of fused-ring (bicyclic) bond motifs is 1. The van der Waals surface area contributed by atoms with E-state index in [1.165, 1.54) is 12.1 Å². The van der Waals surface area contributed by atoms with Gasteiger partial charge in [0.05, 0.1) is 15.8 Å². The molecule has 0 radical (unpaired) electrons. The SMILES string of the molecule is CS(=O)(=O)n1nnc2cc(Cl)c(Oc3ccc(Br)cc3Br)cc21. The summed E-state index contributed by atoms with van der Waals surface area (Å²) in [6, 6.07) is 8.39. The van der Waals surface area contributed by atoms with Crippen LogP contribution in [0.15, 0.2) is 39.3 Å². The number of halogens is 3. The van der Waals surface area contributed by atoms with E-state index in [-0.39, 0.29) is 0 Å². The molecule has 6 nitrogen and oxygen atoms in total. The summed E-state index contributed by atoms with van der Waals surface area (Å²) >= 11 is 12.9. The van der Waals surface area contributed by atoms with Crippen LogP contribution in [0.3, 0.4) is 0 Å². The normalized spacial score (nSPS) is 11.8. The van der Waals surface area contributed by atoms with E-state index in [2.05, 4.69) is 42.2 Å². The van der Waals surface area contributed by atoms with Crippen LogP contribution in [0.1, 0.15) is 0 Å². The van der Waals surface area contributed by atoms with Gasteiger partial charge in [-0.2, -0.15) is 0 Å². The predicted octanol–water partition coefficient (Wildman–Crippen LogP) is 4.21. The first kappa shape index (κ1) is 16.7. The van der Waals surface area contributed by atoms with E-state index in [1.54, 1.807) is 6.07 Å². The lowest BCUT2D eigenvalue weighted by Gasteiger charge is -2.10. The molecule has 0 aliphatic carbocycles. The summed E-state index contributed by atoms with van der Waals surface area (Å²) in [5.74, 6) is 0.835. The number of rotatable bonds is 3. The Bertz CT molecular complexity index is 1020. The minimum atomic E-state index is -3.57. The van der Waals surface area contributed by atoms with E-state index in [0.29, 0.717) is 27.6 Å². The lowest BCUT2D eigenvalue weighted by atomic mass is 10.3. The second-order valence-electron chi connectivity index (χ2n) is 4.64. The highest BCUT2D eigenvalue weighted by Gasteiger charge is 2.17. The lowest BCUT2D eigenvalue weighted by molar-refractivity contribution is 0.480. The molecule has 1 aromatic heterocycles. The number of nitrogens with zero attached hydrogens (tertiary/aromatic N) is 3. The fourth-order valence-corrected chi connectivity index (χ4v) is 3.90. The van der Waals surface area contributed by atoms with Gasteiger partial charge in [-0.1, -0.05) is 32.7 Å². The van der Waals surface area contributed by atoms with Crippen molar-refractivity contribution in [2.75, 3.05) is 6.26 Å². The van der Waals surface area contributed by atoms with E-state index in [1.807, 2.05) is 12.1 Å². The highest BCUT2D eigenvalue weighted by molar-refractivity contribution is 9.11. The van der Waals surface area contributed by atoms with Crippen molar-refractivity contribution in [1.29, 1.82) is 0 Å². The van der Waals surface area contributed by atoms with Gasteiger partial charge in [-0.05, 0) is 40.2 Å².